The van der Waals surface area contributed by atoms with Gasteiger partial charge in [-0.15, -0.1) is 0 Å². The van der Waals surface area contributed by atoms with Gasteiger partial charge in [-0.3, -0.25) is 0 Å². The van der Waals surface area contributed by atoms with Crippen molar-refractivity contribution in [1.29, 1.82) is 0 Å². The zero-order chi connectivity index (χ0) is 10.8. The molecule has 0 bridgehead atoms. The van der Waals surface area contributed by atoms with E-state index in [-0.39, 0.29) is 11.2 Å². The Labute approximate surface area is 84.9 Å². The number of hydrogen-bond acceptors (Lipinski definition) is 1. The van der Waals surface area contributed by atoms with Crippen LogP contribution in [0.5, 0.6) is 5.75 Å². The lowest BCUT2D eigenvalue weighted by atomic mass is 9.82. The Morgan fingerprint density at radius 2 is 2.00 bits per heavy atom. The maximum Gasteiger partial charge on any atom is 0.130 e. The van der Waals surface area contributed by atoms with Crippen LogP contribution in [-0.4, -0.2) is 7.11 Å². The number of halogens is 1. The lowest BCUT2D eigenvalue weighted by molar-refractivity contribution is 0.406. The fraction of sp³-hybridized carbons (Fsp3) is 0.500. The molecule has 1 rings (SSSR count). The van der Waals surface area contributed by atoms with Crippen molar-refractivity contribution in [3.8, 4) is 5.75 Å². The molecule has 0 aliphatic carbocycles. The molecule has 1 aromatic carbocycles. The first-order valence-electron chi connectivity index (χ1n) is 4.85. The Hall–Kier alpha value is -1.05. The summed E-state index contributed by atoms with van der Waals surface area (Å²) in [5.41, 5.74) is 0.636. The molecule has 1 aromatic rings. The van der Waals surface area contributed by atoms with E-state index in [2.05, 4.69) is 6.92 Å². The number of rotatable bonds is 3. The highest BCUT2D eigenvalue weighted by Gasteiger charge is 2.21. The van der Waals surface area contributed by atoms with E-state index in [9.17, 15) is 4.39 Å². The minimum Gasteiger partial charge on any atom is -0.497 e. The van der Waals surface area contributed by atoms with Gasteiger partial charge in [-0.25, -0.2) is 4.39 Å². The van der Waals surface area contributed by atoms with Crippen molar-refractivity contribution in [3.63, 3.8) is 0 Å². The molecule has 0 atom stereocenters. The highest BCUT2D eigenvalue weighted by Crippen LogP contribution is 2.30. The van der Waals surface area contributed by atoms with E-state index >= 15 is 0 Å². The molecule has 0 amide bonds. The van der Waals surface area contributed by atoms with Crippen molar-refractivity contribution < 1.29 is 9.13 Å². The number of benzene rings is 1. The maximum absolute atomic E-state index is 13.6. The number of ether oxygens (including phenoxy) is 1. The van der Waals surface area contributed by atoms with Gasteiger partial charge in [0.1, 0.15) is 11.6 Å². The Morgan fingerprint density at radius 3 is 2.43 bits per heavy atom. The van der Waals surface area contributed by atoms with Crippen LogP contribution in [0.3, 0.4) is 0 Å². The van der Waals surface area contributed by atoms with Gasteiger partial charge >= 0.3 is 0 Å². The van der Waals surface area contributed by atoms with Crippen LogP contribution in [-0.2, 0) is 5.41 Å². The van der Waals surface area contributed by atoms with E-state index in [0.717, 1.165) is 12.0 Å². The Kier molecular flexibility index (Phi) is 3.14. The van der Waals surface area contributed by atoms with Gasteiger partial charge in [0.15, 0.2) is 0 Å². The van der Waals surface area contributed by atoms with Crippen LogP contribution in [0.1, 0.15) is 32.8 Å². The average molecular weight is 196 g/mol. The molecule has 0 unspecified atom stereocenters. The van der Waals surface area contributed by atoms with Crippen molar-refractivity contribution in [2.45, 2.75) is 32.6 Å². The molecule has 0 N–H and O–H groups in total. The molecule has 0 aliphatic rings. The third-order valence-electron chi connectivity index (χ3n) is 2.79. The molecule has 0 saturated carbocycles. The normalized spacial score (nSPS) is 11.5. The summed E-state index contributed by atoms with van der Waals surface area (Å²) < 4.78 is 18.6. The van der Waals surface area contributed by atoms with Crippen LogP contribution < -0.4 is 4.74 Å². The van der Waals surface area contributed by atoms with Crippen molar-refractivity contribution in [2.24, 2.45) is 0 Å². The summed E-state index contributed by atoms with van der Waals surface area (Å²) in [4.78, 5) is 0. The molecule has 1 nitrogen and oxygen atoms in total. The quantitative estimate of drug-likeness (QED) is 0.718. The van der Waals surface area contributed by atoms with Crippen molar-refractivity contribution in [2.75, 3.05) is 7.11 Å². The van der Waals surface area contributed by atoms with Gasteiger partial charge in [0, 0.05) is 6.07 Å². The Balaban J connectivity index is 3.12. The summed E-state index contributed by atoms with van der Waals surface area (Å²) in [6, 6.07) is 5.04. The highest BCUT2D eigenvalue weighted by molar-refractivity contribution is 5.33. The molecule has 0 radical (unpaired) electrons. The summed E-state index contributed by atoms with van der Waals surface area (Å²) in [5, 5.41) is 0. The number of hydrogen-bond donors (Lipinski definition) is 0. The molecule has 0 aliphatic heterocycles. The smallest absolute Gasteiger partial charge is 0.130 e. The lowest BCUT2D eigenvalue weighted by Crippen LogP contribution is -2.17. The van der Waals surface area contributed by atoms with E-state index < -0.39 is 0 Å². The van der Waals surface area contributed by atoms with E-state index in [1.54, 1.807) is 19.2 Å². The van der Waals surface area contributed by atoms with Crippen LogP contribution in [0.25, 0.3) is 0 Å². The summed E-state index contributed by atoms with van der Waals surface area (Å²) >= 11 is 0. The van der Waals surface area contributed by atoms with Crippen LogP contribution in [0.4, 0.5) is 4.39 Å². The van der Waals surface area contributed by atoms with E-state index in [4.69, 9.17) is 4.74 Å². The topological polar surface area (TPSA) is 9.23 Å². The summed E-state index contributed by atoms with van der Waals surface area (Å²) in [5.74, 6) is 0.384. The molecular weight excluding hydrogens is 179 g/mol. The van der Waals surface area contributed by atoms with Crippen molar-refractivity contribution in [3.05, 3.63) is 29.6 Å². The van der Waals surface area contributed by atoms with Crippen LogP contribution >= 0.6 is 0 Å². The van der Waals surface area contributed by atoms with Gasteiger partial charge in [0.25, 0.3) is 0 Å². The monoisotopic (exact) mass is 196 g/mol. The Bertz CT molecular complexity index is 318. The molecule has 0 heterocycles. The average Bonchev–Trinajstić information content (AvgIpc) is 2.17. The largest absolute Gasteiger partial charge is 0.497 e. The molecule has 0 aromatic heterocycles. The summed E-state index contributed by atoms with van der Waals surface area (Å²) in [6.07, 6.45) is 0.913. The van der Waals surface area contributed by atoms with Gasteiger partial charge in [0.05, 0.1) is 7.11 Å². The Morgan fingerprint density at radius 1 is 1.36 bits per heavy atom. The van der Waals surface area contributed by atoms with Crippen molar-refractivity contribution >= 4 is 0 Å². The first-order chi connectivity index (χ1) is 6.51. The molecule has 78 valence electrons. The zero-order valence-electron chi connectivity index (χ0n) is 9.23. The van der Waals surface area contributed by atoms with E-state index in [0.29, 0.717) is 5.75 Å². The van der Waals surface area contributed by atoms with E-state index in [1.165, 1.54) is 6.07 Å². The second kappa shape index (κ2) is 3.99. The molecule has 0 saturated heterocycles. The summed E-state index contributed by atoms with van der Waals surface area (Å²) in [6.45, 7) is 6.14. The van der Waals surface area contributed by atoms with Gasteiger partial charge in [-0.2, -0.15) is 0 Å². The molecule has 2 heteroatoms. The second-order valence-electron chi connectivity index (χ2n) is 4.08. The minimum absolute atomic E-state index is 0.115. The van der Waals surface area contributed by atoms with Crippen LogP contribution in [0.15, 0.2) is 18.2 Å². The molecule has 0 spiro atoms. The predicted octanol–water partition coefficient (Wildman–Crippen LogP) is 3.52. The maximum atomic E-state index is 13.6. The van der Waals surface area contributed by atoms with Gasteiger partial charge in [0.2, 0.25) is 0 Å². The highest BCUT2D eigenvalue weighted by atomic mass is 19.1. The predicted molar refractivity (Wildman–Crippen MR) is 56.3 cm³/mol. The lowest BCUT2D eigenvalue weighted by Gasteiger charge is -2.23. The van der Waals surface area contributed by atoms with Crippen molar-refractivity contribution in [1.82, 2.24) is 0 Å². The third kappa shape index (κ3) is 2.06. The van der Waals surface area contributed by atoms with E-state index in [1.807, 2.05) is 13.8 Å². The molecular formula is C12H17FO. The summed E-state index contributed by atoms with van der Waals surface area (Å²) in [7, 11) is 1.54. The van der Waals surface area contributed by atoms with Gasteiger partial charge in [-0.05, 0) is 23.5 Å². The van der Waals surface area contributed by atoms with Crippen LogP contribution in [0.2, 0.25) is 0 Å². The standard InChI is InChI=1S/C12H17FO/c1-5-12(2,3)10-7-6-9(14-4)8-11(10)13/h6-8H,5H2,1-4H3. The first kappa shape index (κ1) is 11.0. The molecule has 14 heavy (non-hydrogen) atoms. The SMILES string of the molecule is CCC(C)(C)c1ccc(OC)cc1F. The molecule has 0 fully saturated rings. The minimum atomic E-state index is -0.184. The second-order valence-corrected chi connectivity index (χ2v) is 4.08. The van der Waals surface area contributed by atoms with Crippen LogP contribution in [0, 0.1) is 5.82 Å². The van der Waals surface area contributed by atoms with Gasteiger partial charge < -0.3 is 4.74 Å². The fourth-order valence-electron chi connectivity index (χ4n) is 1.36. The fourth-order valence-corrected chi connectivity index (χ4v) is 1.36. The third-order valence-corrected chi connectivity index (χ3v) is 2.79. The zero-order valence-corrected chi connectivity index (χ0v) is 9.23. The number of methoxy groups -OCH3 is 1. The van der Waals surface area contributed by atoms with Gasteiger partial charge in [-0.1, -0.05) is 26.8 Å². The first-order valence-corrected chi connectivity index (χ1v) is 4.85.